The number of hydrogen-bond donors (Lipinski definition) is 2. The second-order valence-corrected chi connectivity index (χ2v) is 5.91. The van der Waals surface area contributed by atoms with Gasteiger partial charge in [-0.25, -0.2) is 0 Å². The van der Waals surface area contributed by atoms with Gasteiger partial charge in [-0.3, -0.25) is 4.79 Å². The smallest absolute Gasteiger partial charge is 0.303 e. The minimum Gasteiger partial charge on any atom is -0.481 e. The van der Waals surface area contributed by atoms with Crippen LogP contribution in [0.3, 0.4) is 0 Å². The quantitative estimate of drug-likeness (QED) is 0.420. The molecule has 0 fully saturated rings. The Morgan fingerprint density at radius 2 is 1.25 bits per heavy atom. The van der Waals surface area contributed by atoms with E-state index >= 15 is 0 Å². The van der Waals surface area contributed by atoms with E-state index in [-0.39, 0.29) is 12.5 Å². The number of hydrogen-bond acceptors (Lipinski definition) is 2. The van der Waals surface area contributed by atoms with Crippen molar-refractivity contribution in [3.05, 3.63) is 0 Å². The molecule has 120 valence electrons. The van der Waals surface area contributed by atoms with E-state index < -0.39 is 5.97 Å². The molecule has 3 nitrogen and oxygen atoms in total. The van der Waals surface area contributed by atoms with Crippen LogP contribution in [-0.4, -0.2) is 22.3 Å². The highest BCUT2D eigenvalue weighted by atomic mass is 16.4. The maximum absolute atomic E-state index is 10.3. The molecule has 1 unspecified atom stereocenters. The summed E-state index contributed by atoms with van der Waals surface area (Å²) in [5.41, 5.74) is 0. The standard InChI is InChI=1S/C17H34O3/c1-2-3-4-5-6-7-10-13-16(18)14-11-8-9-12-15-17(19)20/h16,18H,2-15H2,1H3,(H,19,20). The van der Waals surface area contributed by atoms with Crippen LogP contribution >= 0.6 is 0 Å². The maximum atomic E-state index is 10.3. The molecule has 3 heteroatoms. The van der Waals surface area contributed by atoms with Gasteiger partial charge in [0.25, 0.3) is 0 Å². The van der Waals surface area contributed by atoms with Gasteiger partial charge < -0.3 is 10.2 Å². The van der Waals surface area contributed by atoms with Crippen LogP contribution < -0.4 is 0 Å². The van der Waals surface area contributed by atoms with Gasteiger partial charge in [0.15, 0.2) is 0 Å². The van der Waals surface area contributed by atoms with Crippen LogP contribution in [-0.2, 0) is 4.79 Å². The third-order valence-corrected chi connectivity index (χ3v) is 3.82. The molecule has 0 heterocycles. The lowest BCUT2D eigenvalue weighted by atomic mass is 10.0. The molecule has 0 spiro atoms. The van der Waals surface area contributed by atoms with Crippen molar-refractivity contribution >= 4 is 5.97 Å². The topological polar surface area (TPSA) is 57.5 Å². The molecular formula is C17H34O3. The summed E-state index contributed by atoms with van der Waals surface area (Å²) in [6.07, 6.45) is 14.8. The second-order valence-electron chi connectivity index (χ2n) is 5.91. The van der Waals surface area contributed by atoms with Crippen molar-refractivity contribution in [2.24, 2.45) is 0 Å². The number of unbranched alkanes of at least 4 members (excludes halogenated alkanes) is 9. The van der Waals surface area contributed by atoms with E-state index in [0.29, 0.717) is 0 Å². The summed E-state index contributed by atoms with van der Waals surface area (Å²) in [6.45, 7) is 2.23. The van der Waals surface area contributed by atoms with E-state index in [0.717, 1.165) is 44.9 Å². The number of aliphatic carboxylic acids is 1. The summed E-state index contributed by atoms with van der Waals surface area (Å²) >= 11 is 0. The molecule has 0 aromatic carbocycles. The Labute approximate surface area is 124 Å². The summed E-state index contributed by atoms with van der Waals surface area (Å²) < 4.78 is 0. The fraction of sp³-hybridized carbons (Fsp3) is 0.941. The average molecular weight is 286 g/mol. The van der Waals surface area contributed by atoms with Crippen molar-refractivity contribution < 1.29 is 15.0 Å². The van der Waals surface area contributed by atoms with Gasteiger partial charge in [-0.1, -0.05) is 71.1 Å². The van der Waals surface area contributed by atoms with Crippen LogP contribution in [0.4, 0.5) is 0 Å². The summed E-state index contributed by atoms with van der Waals surface area (Å²) in [7, 11) is 0. The van der Waals surface area contributed by atoms with Crippen molar-refractivity contribution in [2.75, 3.05) is 0 Å². The van der Waals surface area contributed by atoms with E-state index in [9.17, 15) is 9.90 Å². The maximum Gasteiger partial charge on any atom is 0.303 e. The van der Waals surface area contributed by atoms with E-state index in [1.54, 1.807) is 0 Å². The molecule has 20 heavy (non-hydrogen) atoms. The monoisotopic (exact) mass is 286 g/mol. The fourth-order valence-electron chi connectivity index (χ4n) is 2.49. The van der Waals surface area contributed by atoms with E-state index in [1.807, 2.05) is 0 Å². The Hall–Kier alpha value is -0.570. The van der Waals surface area contributed by atoms with Gasteiger partial charge >= 0.3 is 5.97 Å². The van der Waals surface area contributed by atoms with Crippen LogP contribution in [0.1, 0.15) is 96.8 Å². The van der Waals surface area contributed by atoms with Crippen LogP contribution in [0.15, 0.2) is 0 Å². The zero-order valence-corrected chi connectivity index (χ0v) is 13.3. The first kappa shape index (κ1) is 19.4. The van der Waals surface area contributed by atoms with Crippen molar-refractivity contribution in [1.29, 1.82) is 0 Å². The van der Waals surface area contributed by atoms with Gasteiger partial charge in [0, 0.05) is 6.42 Å². The van der Waals surface area contributed by atoms with Crippen LogP contribution in [0.25, 0.3) is 0 Å². The van der Waals surface area contributed by atoms with Gasteiger partial charge in [-0.05, 0) is 19.3 Å². The molecule has 0 aliphatic rings. The van der Waals surface area contributed by atoms with E-state index in [1.165, 1.54) is 38.5 Å². The first-order valence-corrected chi connectivity index (χ1v) is 8.56. The van der Waals surface area contributed by atoms with Crippen molar-refractivity contribution in [3.8, 4) is 0 Å². The normalized spacial score (nSPS) is 12.5. The highest BCUT2D eigenvalue weighted by Crippen LogP contribution is 2.13. The molecule has 1 atom stereocenters. The van der Waals surface area contributed by atoms with Gasteiger partial charge in [0.2, 0.25) is 0 Å². The van der Waals surface area contributed by atoms with Crippen molar-refractivity contribution in [2.45, 2.75) is 103 Å². The number of carboxylic acid groups (broad SMARTS) is 1. The first-order valence-electron chi connectivity index (χ1n) is 8.56. The molecular weight excluding hydrogens is 252 g/mol. The largest absolute Gasteiger partial charge is 0.481 e. The molecule has 0 bridgehead atoms. The third-order valence-electron chi connectivity index (χ3n) is 3.82. The van der Waals surface area contributed by atoms with Gasteiger partial charge in [-0.15, -0.1) is 0 Å². The number of aliphatic hydroxyl groups excluding tert-OH is 1. The molecule has 2 N–H and O–H groups in total. The molecule has 0 aromatic heterocycles. The average Bonchev–Trinajstić information content (AvgIpc) is 2.41. The van der Waals surface area contributed by atoms with Gasteiger partial charge in [-0.2, -0.15) is 0 Å². The Bertz CT molecular complexity index is 216. The van der Waals surface area contributed by atoms with Crippen LogP contribution in [0, 0.1) is 0 Å². The number of rotatable bonds is 15. The zero-order valence-electron chi connectivity index (χ0n) is 13.3. The molecule has 0 rings (SSSR count). The molecule has 0 saturated heterocycles. The Morgan fingerprint density at radius 1 is 0.800 bits per heavy atom. The highest BCUT2D eigenvalue weighted by Gasteiger charge is 2.04. The highest BCUT2D eigenvalue weighted by molar-refractivity contribution is 5.66. The van der Waals surface area contributed by atoms with Crippen molar-refractivity contribution in [3.63, 3.8) is 0 Å². The Morgan fingerprint density at radius 3 is 1.75 bits per heavy atom. The third kappa shape index (κ3) is 15.5. The zero-order chi connectivity index (χ0) is 15.1. The summed E-state index contributed by atoms with van der Waals surface area (Å²) in [4.78, 5) is 10.3. The van der Waals surface area contributed by atoms with Gasteiger partial charge in [0.05, 0.1) is 6.10 Å². The van der Waals surface area contributed by atoms with E-state index in [2.05, 4.69) is 6.92 Å². The number of carbonyl (C=O) groups is 1. The van der Waals surface area contributed by atoms with Gasteiger partial charge in [0.1, 0.15) is 0 Å². The fourth-order valence-corrected chi connectivity index (χ4v) is 2.49. The van der Waals surface area contributed by atoms with Crippen LogP contribution in [0.5, 0.6) is 0 Å². The number of aliphatic hydroxyl groups is 1. The van der Waals surface area contributed by atoms with Crippen LogP contribution in [0.2, 0.25) is 0 Å². The minimum absolute atomic E-state index is 0.148. The summed E-state index contributed by atoms with van der Waals surface area (Å²) in [5.74, 6) is -0.705. The Kier molecular flexibility index (Phi) is 14.4. The molecule has 0 saturated carbocycles. The first-order chi connectivity index (χ1) is 9.66. The second kappa shape index (κ2) is 14.8. The lowest BCUT2D eigenvalue weighted by Gasteiger charge is -2.10. The Balaban J connectivity index is 3.16. The molecule has 0 amide bonds. The lowest BCUT2D eigenvalue weighted by Crippen LogP contribution is -2.06. The van der Waals surface area contributed by atoms with Crippen molar-refractivity contribution in [1.82, 2.24) is 0 Å². The molecule has 0 aliphatic heterocycles. The summed E-state index contributed by atoms with van der Waals surface area (Å²) in [6, 6.07) is 0. The summed E-state index contributed by atoms with van der Waals surface area (Å²) in [5, 5.41) is 18.3. The molecule has 0 radical (unpaired) electrons. The predicted octanol–water partition coefficient (Wildman–Crippen LogP) is 4.91. The predicted molar refractivity (Wildman–Crippen MR) is 84.0 cm³/mol. The van der Waals surface area contributed by atoms with E-state index in [4.69, 9.17) is 5.11 Å². The molecule has 0 aromatic rings. The number of carboxylic acids is 1. The lowest BCUT2D eigenvalue weighted by molar-refractivity contribution is -0.137. The minimum atomic E-state index is -0.705. The molecule has 0 aliphatic carbocycles. The SMILES string of the molecule is CCCCCCCCCC(O)CCCCCCC(=O)O.